The summed E-state index contributed by atoms with van der Waals surface area (Å²) in [5.74, 6) is 0. The fraction of sp³-hybridized carbons (Fsp3) is 0.667. The summed E-state index contributed by atoms with van der Waals surface area (Å²) < 4.78 is 0. The molecule has 0 radical (unpaired) electrons. The van der Waals surface area contributed by atoms with Gasteiger partial charge in [-0.05, 0) is 54.2 Å². The van der Waals surface area contributed by atoms with E-state index in [4.69, 9.17) is 0 Å². The number of fused-ring (bicyclic) bond motifs is 1. The summed E-state index contributed by atoms with van der Waals surface area (Å²) in [6, 6.07) is 7.01. The van der Waals surface area contributed by atoms with Gasteiger partial charge in [0.15, 0.2) is 0 Å². The van der Waals surface area contributed by atoms with Crippen LogP contribution in [0.5, 0.6) is 0 Å². The average Bonchev–Trinajstić information content (AvgIpc) is 2.26. The number of rotatable bonds is 1. The zero-order valence-electron chi connectivity index (χ0n) is 12.3. The molecule has 0 heteroatoms. The molecule has 0 saturated heterocycles. The Kier molecular flexibility index (Phi) is 7.28. The van der Waals surface area contributed by atoms with Crippen molar-refractivity contribution in [1.82, 2.24) is 0 Å². The Bertz CT molecular complexity index is 336. The van der Waals surface area contributed by atoms with Gasteiger partial charge in [0, 0.05) is 0 Å². The highest BCUT2D eigenvalue weighted by Crippen LogP contribution is 2.22. The minimum absolute atomic E-state index is 0. The predicted octanol–water partition coefficient (Wildman–Crippen LogP) is 5.82. The third-order valence-electron chi connectivity index (χ3n) is 2.82. The highest BCUT2D eigenvalue weighted by atomic mass is 14.1. The Morgan fingerprint density at radius 3 is 1.94 bits per heavy atom. The van der Waals surface area contributed by atoms with E-state index in [0.29, 0.717) is 5.41 Å². The van der Waals surface area contributed by atoms with Gasteiger partial charge in [0.05, 0.1) is 0 Å². The van der Waals surface area contributed by atoms with Gasteiger partial charge in [0.1, 0.15) is 0 Å². The summed E-state index contributed by atoms with van der Waals surface area (Å²) in [6.45, 7) is 11.0. The molecule has 2 rings (SSSR count). The van der Waals surface area contributed by atoms with Crippen LogP contribution in [0.15, 0.2) is 18.2 Å². The van der Waals surface area contributed by atoms with E-state index in [2.05, 4.69) is 52.8 Å². The molecule has 0 spiro atoms. The summed E-state index contributed by atoms with van der Waals surface area (Å²) in [6.07, 6.45) is 6.56. The molecule has 0 nitrogen and oxygen atoms in total. The van der Waals surface area contributed by atoms with E-state index >= 15 is 0 Å². The first-order chi connectivity index (χ1) is 7.90. The molecule has 1 aliphatic carbocycles. The third kappa shape index (κ3) is 6.83. The maximum Gasteiger partial charge on any atom is -0.0276 e. The van der Waals surface area contributed by atoms with Crippen LogP contribution in [0.2, 0.25) is 0 Å². The van der Waals surface area contributed by atoms with Crippen LogP contribution in [0, 0.1) is 5.41 Å². The summed E-state index contributed by atoms with van der Waals surface area (Å²) in [7, 11) is 0. The van der Waals surface area contributed by atoms with Gasteiger partial charge < -0.3 is 0 Å². The first-order valence-electron chi connectivity index (χ1n) is 7.01. The minimum Gasteiger partial charge on any atom is -0.0776 e. The van der Waals surface area contributed by atoms with Crippen LogP contribution >= 0.6 is 0 Å². The SMILES string of the molecule is C.CC(C)(C)C.CCc1ccc2c(c1)CCCC2. The lowest BCUT2D eigenvalue weighted by atomic mass is 9.90. The quantitative estimate of drug-likeness (QED) is 0.587. The smallest absolute Gasteiger partial charge is 0.0276 e. The van der Waals surface area contributed by atoms with Gasteiger partial charge in [0.25, 0.3) is 0 Å². The molecule has 18 heavy (non-hydrogen) atoms. The van der Waals surface area contributed by atoms with Crippen LogP contribution in [0.1, 0.15) is 71.6 Å². The van der Waals surface area contributed by atoms with Crippen molar-refractivity contribution < 1.29 is 0 Å². The second kappa shape index (κ2) is 7.61. The molecule has 1 aliphatic rings. The Morgan fingerprint density at radius 1 is 0.944 bits per heavy atom. The molecule has 0 saturated carbocycles. The molecule has 0 fully saturated rings. The summed E-state index contributed by atoms with van der Waals surface area (Å²) in [5.41, 5.74) is 5.20. The molecule has 0 unspecified atom stereocenters. The average molecular weight is 248 g/mol. The van der Waals surface area contributed by atoms with Gasteiger partial charge in [-0.2, -0.15) is 0 Å². The molecule has 104 valence electrons. The van der Waals surface area contributed by atoms with E-state index in [1.807, 2.05) is 0 Å². The van der Waals surface area contributed by atoms with Crippen molar-refractivity contribution in [2.24, 2.45) is 5.41 Å². The van der Waals surface area contributed by atoms with Crippen LogP contribution in [0.25, 0.3) is 0 Å². The van der Waals surface area contributed by atoms with E-state index in [1.54, 1.807) is 11.1 Å². The fourth-order valence-corrected chi connectivity index (χ4v) is 2.01. The molecule has 0 amide bonds. The van der Waals surface area contributed by atoms with Gasteiger partial charge in [-0.15, -0.1) is 0 Å². The van der Waals surface area contributed by atoms with Gasteiger partial charge >= 0.3 is 0 Å². The van der Waals surface area contributed by atoms with Crippen LogP contribution in [0.3, 0.4) is 0 Å². The largest absolute Gasteiger partial charge is 0.0776 e. The monoisotopic (exact) mass is 248 g/mol. The lowest BCUT2D eigenvalue weighted by molar-refractivity contribution is 0.469. The highest BCUT2D eigenvalue weighted by Gasteiger charge is 2.08. The molecule has 0 N–H and O–H groups in total. The molecular weight excluding hydrogens is 216 g/mol. The van der Waals surface area contributed by atoms with Crippen LogP contribution in [-0.4, -0.2) is 0 Å². The first kappa shape index (κ1) is 17.2. The van der Waals surface area contributed by atoms with E-state index in [1.165, 1.54) is 37.7 Å². The second-order valence-corrected chi connectivity index (χ2v) is 6.66. The number of benzene rings is 1. The zero-order chi connectivity index (χ0) is 12.9. The maximum atomic E-state index is 2.40. The highest BCUT2D eigenvalue weighted by molar-refractivity contribution is 5.33. The van der Waals surface area contributed by atoms with E-state index in [9.17, 15) is 0 Å². The lowest BCUT2D eigenvalue weighted by Gasteiger charge is -2.15. The Balaban J connectivity index is 0.000000421. The van der Waals surface area contributed by atoms with E-state index in [-0.39, 0.29) is 7.43 Å². The zero-order valence-corrected chi connectivity index (χ0v) is 12.3. The third-order valence-corrected chi connectivity index (χ3v) is 2.82. The predicted molar refractivity (Wildman–Crippen MR) is 84.3 cm³/mol. The Labute approximate surface area is 115 Å². The normalized spacial score (nSPS) is 13.8. The number of hydrogen-bond acceptors (Lipinski definition) is 0. The van der Waals surface area contributed by atoms with Crippen molar-refractivity contribution in [3.05, 3.63) is 34.9 Å². The van der Waals surface area contributed by atoms with Crippen molar-refractivity contribution in [3.8, 4) is 0 Å². The first-order valence-corrected chi connectivity index (χ1v) is 7.01. The van der Waals surface area contributed by atoms with Crippen LogP contribution in [-0.2, 0) is 19.3 Å². The minimum atomic E-state index is 0. The van der Waals surface area contributed by atoms with Gasteiger partial charge in [-0.1, -0.05) is 60.2 Å². The van der Waals surface area contributed by atoms with Crippen LogP contribution < -0.4 is 0 Å². The molecule has 0 heterocycles. The van der Waals surface area contributed by atoms with Crippen molar-refractivity contribution in [2.75, 3.05) is 0 Å². The van der Waals surface area contributed by atoms with E-state index < -0.39 is 0 Å². The summed E-state index contributed by atoms with van der Waals surface area (Å²) >= 11 is 0. The molecule has 1 aromatic rings. The molecule has 1 aromatic carbocycles. The van der Waals surface area contributed by atoms with Crippen molar-refractivity contribution in [3.63, 3.8) is 0 Å². The molecular formula is C18H32. The van der Waals surface area contributed by atoms with Gasteiger partial charge in [-0.3, -0.25) is 0 Å². The molecule has 0 bridgehead atoms. The lowest BCUT2D eigenvalue weighted by Crippen LogP contribution is -2.02. The van der Waals surface area contributed by atoms with Gasteiger partial charge in [-0.25, -0.2) is 0 Å². The maximum absolute atomic E-state index is 2.40. The summed E-state index contributed by atoms with van der Waals surface area (Å²) in [4.78, 5) is 0. The number of aryl methyl sites for hydroxylation is 3. The topological polar surface area (TPSA) is 0 Å². The Morgan fingerprint density at radius 2 is 1.44 bits per heavy atom. The number of hydrogen-bond donors (Lipinski definition) is 0. The Hall–Kier alpha value is -0.780. The summed E-state index contributed by atoms with van der Waals surface area (Å²) in [5, 5.41) is 0. The fourth-order valence-electron chi connectivity index (χ4n) is 2.01. The molecule has 0 atom stereocenters. The second-order valence-electron chi connectivity index (χ2n) is 6.66. The van der Waals surface area contributed by atoms with E-state index in [0.717, 1.165) is 0 Å². The van der Waals surface area contributed by atoms with Gasteiger partial charge in [0.2, 0.25) is 0 Å². The standard InChI is InChI=1S/C12H16.C5H12.CH4/c1-2-10-7-8-11-5-3-4-6-12(11)9-10;1-5(2,3)4;/h7-9H,2-6H2,1H3;1-4H3;1H4. The van der Waals surface area contributed by atoms with Crippen molar-refractivity contribution >= 4 is 0 Å². The van der Waals surface area contributed by atoms with Crippen molar-refractivity contribution in [1.29, 1.82) is 0 Å². The molecule has 0 aliphatic heterocycles. The van der Waals surface area contributed by atoms with Crippen LogP contribution in [0.4, 0.5) is 0 Å². The molecule has 0 aromatic heterocycles. The van der Waals surface area contributed by atoms with Crippen molar-refractivity contribution in [2.45, 2.75) is 74.1 Å².